The van der Waals surface area contributed by atoms with Crippen molar-refractivity contribution < 1.29 is 14.1 Å². The number of nitro groups is 1. The van der Waals surface area contributed by atoms with Gasteiger partial charge in [0.2, 0.25) is 5.82 Å². The minimum Gasteiger partial charge on any atom is -0.489 e. The molecule has 0 N–H and O–H groups in total. The van der Waals surface area contributed by atoms with Crippen LogP contribution in [-0.4, -0.2) is 20.8 Å². The number of benzene rings is 4. The van der Waals surface area contributed by atoms with Crippen molar-refractivity contribution in [3.63, 3.8) is 0 Å². The summed E-state index contributed by atoms with van der Waals surface area (Å²) in [7, 11) is 0. The number of furan rings is 1. The third-order valence-corrected chi connectivity index (χ3v) is 6.13. The number of nitro benzene ring substituents is 1. The number of rotatable bonds is 7. The van der Waals surface area contributed by atoms with Gasteiger partial charge in [0, 0.05) is 17.5 Å². The summed E-state index contributed by atoms with van der Waals surface area (Å²) in [4.78, 5) is 28.6. The van der Waals surface area contributed by atoms with Crippen LogP contribution in [0.5, 0.6) is 5.75 Å². The van der Waals surface area contributed by atoms with Crippen molar-refractivity contribution in [2.45, 2.75) is 6.61 Å². The average molecular weight is 517 g/mol. The first-order chi connectivity index (χ1) is 19.0. The molecule has 0 aliphatic carbocycles. The molecule has 0 aliphatic rings. The van der Waals surface area contributed by atoms with Gasteiger partial charge in [0.05, 0.1) is 22.0 Å². The number of hydrogen-bond acceptors (Lipinski definition) is 7. The highest BCUT2D eigenvalue weighted by Crippen LogP contribution is 2.27. The van der Waals surface area contributed by atoms with Crippen LogP contribution < -0.4 is 10.3 Å². The topological polar surface area (TPSA) is 113 Å². The predicted molar refractivity (Wildman–Crippen MR) is 148 cm³/mol. The van der Waals surface area contributed by atoms with E-state index in [1.54, 1.807) is 48.7 Å². The smallest absolute Gasteiger partial charge is 0.282 e. The molecule has 0 saturated heterocycles. The van der Waals surface area contributed by atoms with Crippen molar-refractivity contribution >= 4 is 33.8 Å². The van der Waals surface area contributed by atoms with Crippen LogP contribution in [0.25, 0.3) is 33.5 Å². The van der Waals surface area contributed by atoms with E-state index in [2.05, 4.69) is 5.10 Å². The number of non-ortho nitro benzene ring substituents is 1. The molecule has 0 unspecified atom stereocenters. The molecule has 0 atom stereocenters. The van der Waals surface area contributed by atoms with Crippen LogP contribution in [0.4, 0.5) is 5.69 Å². The summed E-state index contributed by atoms with van der Waals surface area (Å²) < 4.78 is 13.1. The molecule has 2 heterocycles. The Bertz CT molecular complexity index is 1890. The third-order valence-electron chi connectivity index (χ3n) is 6.13. The van der Waals surface area contributed by atoms with Gasteiger partial charge in [-0.25, -0.2) is 4.98 Å². The molecule has 0 amide bonds. The Morgan fingerprint density at radius 3 is 2.56 bits per heavy atom. The predicted octanol–water partition coefficient (Wildman–Crippen LogP) is 6.18. The minimum absolute atomic E-state index is 0.0254. The van der Waals surface area contributed by atoms with Crippen LogP contribution in [0.1, 0.15) is 11.1 Å². The highest BCUT2D eigenvalue weighted by Gasteiger charge is 2.16. The van der Waals surface area contributed by atoms with Gasteiger partial charge in [0.1, 0.15) is 17.9 Å². The SMILES string of the molecule is O=c1c2ccccc2nc(-c2cc3ccccc3o2)n1N=Cc1cccc(OCc2ccc([N+](=O)[O-])cc2)c1. The fourth-order valence-electron chi connectivity index (χ4n) is 4.17. The Kier molecular flexibility index (Phi) is 6.14. The summed E-state index contributed by atoms with van der Waals surface area (Å²) in [6.07, 6.45) is 1.56. The molecule has 0 fully saturated rings. The molecule has 190 valence electrons. The highest BCUT2D eigenvalue weighted by molar-refractivity contribution is 5.85. The Hall–Kier alpha value is -5.57. The van der Waals surface area contributed by atoms with Gasteiger partial charge in [0.25, 0.3) is 11.2 Å². The van der Waals surface area contributed by atoms with Crippen molar-refractivity contribution in [3.8, 4) is 17.3 Å². The number of nitrogens with zero attached hydrogens (tertiary/aromatic N) is 4. The van der Waals surface area contributed by atoms with Gasteiger partial charge in [-0.1, -0.05) is 42.5 Å². The Morgan fingerprint density at radius 2 is 1.74 bits per heavy atom. The lowest BCUT2D eigenvalue weighted by molar-refractivity contribution is -0.384. The summed E-state index contributed by atoms with van der Waals surface area (Å²) in [5.74, 6) is 1.30. The van der Waals surface area contributed by atoms with E-state index >= 15 is 0 Å². The lowest BCUT2D eigenvalue weighted by atomic mass is 10.2. The number of aromatic nitrogens is 2. The highest BCUT2D eigenvalue weighted by atomic mass is 16.6. The fourth-order valence-corrected chi connectivity index (χ4v) is 4.17. The van der Waals surface area contributed by atoms with Crippen LogP contribution in [0.3, 0.4) is 0 Å². The molecule has 0 bridgehead atoms. The summed E-state index contributed by atoms with van der Waals surface area (Å²) in [6.45, 7) is 0.239. The van der Waals surface area contributed by atoms with E-state index in [0.29, 0.717) is 33.6 Å². The van der Waals surface area contributed by atoms with E-state index in [0.717, 1.165) is 10.9 Å². The molecule has 6 rings (SSSR count). The van der Waals surface area contributed by atoms with E-state index in [9.17, 15) is 14.9 Å². The maximum absolute atomic E-state index is 13.5. The summed E-state index contributed by atoms with van der Waals surface area (Å²) in [6, 6.07) is 29.9. The Morgan fingerprint density at radius 1 is 0.949 bits per heavy atom. The first-order valence-corrected chi connectivity index (χ1v) is 12.1. The zero-order chi connectivity index (χ0) is 26.8. The molecule has 0 spiro atoms. The lowest BCUT2D eigenvalue weighted by Crippen LogP contribution is -2.20. The van der Waals surface area contributed by atoms with E-state index in [-0.39, 0.29) is 23.7 Å². The second-order valence-corrected chi connectivity index (χ2v) is 8.75. The van der Waals surface area contributed by atoms with Crippen molar-refractivity contribution in [2.75, 3.05) is 0 Å². The zero-order valence-corrected chi connectivity index (χ0v) is 20.4. The number of ether oxygens (including phenoxy) is 1. The summed E-state index contributed by atoms with van der Waals surface area (Å²) in [5.41, 5.74) is 2.43. The van der Waals surface area contributed by atoms with Gasteiger partial charge in [0.15, 0.2) is 5.76 Å². The summed E-state index contributed by atoms with van der Waals surface area (Å²) in [5, 5.41) is 16.7. The van der Waals surface area contributed by atoms with Crippen molar-refractivity contribution in [1.29, 1.82) is 0 Å². The van der Waals surface area contributed by atoms with Crippen LogP contribution >= 0.6 is 0 Å². The van der Waals surface area contributed by atoms with Gasteiger partial charge in [-0.05, 0) is 59.7 Å². The number of fused-ring (bicyclic) bond motifs is 2. The van der Waals surface area contributed by atoms with Crippen LogP contribution in [0, 0.1) is 10.1 Å². The fraction of sp³-hybridized carbons (Fsp3) is 0.0333. The van der Waals surface area contributed by atoms with E-state index < -0.39 is 4.92 Å². The van der Waals surface area contributed by atoms with Gasteiger partial charge in [-0.3, -0.25) is 14.9 Å². The van der Waals surface area contributed by atoms with E-state index in [1.807, 2.05) is 48.5 Å². The molecular weight excluding hydrogens is 496 g/mol. The molecule has 0 radical (unpaired) electrons. The molecule has 39 heavy (non-hydrogen) atoms. The van der Waals surface area contributed by atoms with Crippen LogP contribution in [0.2, 0.25) is 0 Å². The molecule has 9 nitrogen and oxygen atoms in total. The molecule has 6 aromatic rings. The second kappa shape index (κ2) is 10.1. The number of para-hydroxylation sites is 2. The van der Waals surface area contributed by atoms with Gasteiger partial charge < -0.3 is 9.15 Å². The molecule has 0 saturated carbocycles. The maximum Gasteiger partial charge on any atom is 0.282 e. The Labute approximate surface area is 221 Å². The standard InChI is InChI=1S/C30H20N4O5/c35-30-25-9-2-3-10-26(25)32-29(28-17-22-7-1-4-11-27(22)39-28)33(30)31-18-21-6-5-8-24(16-21)38-19-20-12-14-23(15-13-20)34(36)37/h1-18H,19H2. The van der Waals surface area contributed by atoms with E-state index in [1.165, 1.54) is 16.8 Å². The number of hydrogen-bond donors (Lipinski definition) is 0. The average Bonchev–Trinajstić information content (AvgIpc) is 3.40. The molecule has 2 aromatic heterocycles. The second-order valence-electron chi connectivity index (χ2n) is 8.75. The van der Waals surface area contributed by atoms with Crippen molar-refractivity contribution in [3.05, 3.63) is 135 Å². The largest absolute Gasteiger partial charge is 0.489 e. The molecular formula is C30H20N4O5. The first kappa shape index (κ1) is 23.8. The monoisotopic (exact) mass is 516 g/mol. The minimum atomic E-state index is -0.441. The molecule has 4 aromatic carbocycles. The third kappa shape index (κ3) is 4.88. The van der Waals surface area contributed by atoms with Gasteiger partial charge in [-0.2, -0.15) is 9.78 Å². The van der Waals surface area contributed by atoms with Gasteiger partial charge in [-0.15, -0.1) is 0 Å². The molecule has 9 heteroatoms. The van der Waals surface area contributed by atoms with Crippen molar-refractivity contribution in [2.24, 2.45) is 5.10 Å². The van der Waals surface area contributed by atoms with Crippen LogP contribution in [-0.2, 0) is 6.61 Å². The maximum atomic E-state index is 13.5. The summed E-state index contributed by atoms with van der Waals surface area (Å²) >= 11 is 0. The Balaban J connectivity index is 1.32. The van der Waals surface area contributed by atoms with E-state index in [4.69, 9.17) is 14.1 Å². The van der Waals surface area contributed by atoms with Crippen LogP contribution in [0.15, 0.2) is 117 Å². The lowest BCUT2D eigenvalue weighted by Gasteiger charge is -2.08. The molecule has 0 aliphatic heterocycles. The van der Waals surface area contributed by atoms with Gasteiger partial charge >= 0.3 is 0 Å². The normalized spacial score (nSPS) is 11.4. The first-order valence-electron chi connectivity index (χ1n) is 12.1. The van der Waals surface area contributed by atoms with Crippen molar-refractivity contribution in [1.82, 2.24) is 9.66 Å². The quantitative estimate of drug-likeness (QED) is 0.142. The zero-order valence-electron chi connectivity index (χ0n) is 20.4.